The summed E-state index contributed by atoms with van der Waals surface area (Å²) >= 11 is 0. The Balaban J connectivity index is 2.03. The summed E-state index contributed by atoms with van der Waals surface area (Å²) in [6, 6.07) is 15.9. The summed E-state index contributed by atoms with van der Waals surface area (Å²) in [5.41, 5.74) is 1.47. The Morgan fingerprint density at radius 3 is 2.67 bits per heavy atom. The topological polar surface area (TPSA) is 12.0 Å². The number of hydrogen-bond donors (Lipinski definition) is 1. The molecule has 2 rings (SSSR count). The molecule has 96 valence electrons. The molecule has 18 heavy (non-hydrogen) atoms. The van der Waals surface area contributed by atoms with Crippen LogP contribution in [-0.4, -0.2) is 12.6 Å². The molecule has 0 aromatic heterocycles. The molecule has 0 aliphatic heterocycles. The van der Waals surface area contributed by atoms with Crippen LogP contribution in [0.3, 0.4) is 0 Å². The van der Waals surface area contributed by atoms with Crippen LogP contribution in [0.1, 0.15) is 32.3 Å². The van der Waals surface area contributed by atoms with E-state index in [1.807, 2.05) is 0 Å². The van der Waals surface area contributed by atoms with Crippen molar-refractivity contribution in [3.8, 4) is 0 Å². The molecule has 2 aromatic rings. The van der Waals surface area contributed by atoms with Crippen molar-refractivity contribution >= 4 is 10.8 Å². The van der Waals surface area contributed by atoms with Gasteiger partial charge in [0.1, 0.15) is 0 Å². The molecule has 1 N–H and O–H groups in total. The third-order valence-electron chi connectivity index (χ3n) is 3.47. The van der Waals surface area contributed by atoms with Gasteiger partial charge in [-0.3, -0.25) is 0 Å². The Morgan fingerprint density at radius 2 is 1.83 bits per heavy atom. The first-order valence-corrected chi connectivity index (χ1v) is 7.01. The lowest BCUT2D eigenvalue weighted by Crippen LogP contribution is -2.27. The predicted octanol–water partition coefficient (Wildman–Crippen LogP) is 4.16. The highest BCUT2D eigenvalue weighted by molar-refractivity contribution is 5.85. The largest absolute Gasteiger partial charge is 0.314 e. The maximum atomic E-state index is 3.55. The Kier molecular flexibility index (Phi) is 4.77. The number of nitrogens with one attached hydrogen (secondary N) is 1. The van der Waals surface area contributed by atoms with Crippen molar-refractivity contribution in [2.45, 2.75) is 39.2 Å². The highest BCUT2D eigenvalue weighted by Crippen LogP contribution is 2.20. The molecule has 1 nitrogen and oxygen atoms in total. The summed E-state index contributed by atoms with van der Waals surface area (Å²) in [5, 5.41) is 6.31. The molecular weight excluding hydrogens is 218 g/mol. The van der Waals surface area contributed by atoms with Crippen molar-refractivity contribution in [1.29, 1.82) is 0 Å². The number of hydrogen-bond acceptors (Lipinski definition) is 1. The van der Waals surface area contributed by atoms with E-state index in [2.05, 4.69) is 61.6 Å². The average molecular weight is 241 g/mol. The monoisotopic (exact) mass is 241 g/mol. The van der Waals surface area contributed by atoms with Gasteiger partial charge in [0.05, 0.1) is 0 Å². The minimum absolute atomic E-state index is 0.601. The van der Waals surface area contributed by atoms with E-state index in [4.69, 9.17) is 0 Å². The van der Waals surface area contributed by atoms with E-state index < -0.39 is 0 Å². The summed E-state index contributed by atoms with van der Waals surface area (Å²) in [6.07, 6.45) is 3.56. The van der Waals surface area contributed by atoms with Crippen molar-refractivity contribution in [3.05, 3.63) is 48.0 Å². The molecule has 0 spiro atoms. The molecule has 0 aliphatic carbocycles. The predicted molar refractivity (Wildman–Crippen MR) is 80.0 cm³/mol. The highest BCUT2D eigenvalue weighted by Gasteiger charge is 2.04. The van der Waals surface area contributed by atoms with Crippen LogP contribution < -0.4 is 5.32 Å². The van der Waals surface area contributed by atoms with E-state index in [-0.39, 0.29) is 0 Å². The van der Waals surface area contributed by atoms with Gasteiger partial charge in [-0.05, 0) is 49.1 Å². The van der Waals surface area contributed by atoms with Gasteiger partial charge in [0.25, 0.3) is 0 Å². The first kappa shape index (κ1) is 13.1. The minimum Gasteiger partial charge on any atom is -0.314 e. The zero-order valence-corrected chi connectivity index (χ0v) is 11.4. The van der Waals surface area contributed by atoms with Crippen LogP contribution in [0.2, 0.25) is 0 Å². The van der Waals surface area contributed by atoms with Crippen molar-refractivity contribution in [2.75, 3.05) is 6.54 Å². The van der Waals surface area contributed by atoms with Gasteiger partial charge in [0.15, 0.2) is 0 Å². The highest BCUT2D eigenvalue weighted by atomic mass is 14.9. The van der Waals surface area contributed by atoms with Gasteiger partial charge < -0.3 is 5.32 Å². The van der Waals surface area contributed by atoms with Crippen LogP contribution in [-0.2, 0) is 6.42 Å². The molecule has 1 atom stereocenters. The van der Waals surface area contributed by atoms with Crippen LogP contribution in [0.4, 0.5) is 0 Å². The van der Waals surface area contributed by atoms with Gasteiger partial charge in [0.2, 0.25) is 0 Å². The van der Waals surface area contributed by atoms with Crippen LogP contribution in [0, 0.1) is 0 Å². The lowest BCUT2D eigenvalue weighted by atomic mass is 9.99. The molecule has 0 saturated carbocycles. The zero-order valence-electron chi connectivity index (χ0n) is 11.4. The molecule has 0 amide bonds. The summed E-state index contributed by atoms with van der Waals surface area (Å²) in [4.78, 5) is 0. The quantitative estimate of drug-likeness (QED) is 0.800. The second-order valence-electron chi connectivity index (χ2n) is 5.03. The van der Waals surface area contributed by atoms with E-state index in [0.717, 1.165) is 13.0 Å². The molecule has 0 radical (unpaired) electrons. The Hall–Kier alpha value is -1.34. The fourth-order valence-electron chi connectivity index (χ4n) is 2.38. The molecule has 0 bridgehead atoms. The maximum Gasteiger partial charge on any atom is 0.00418 e. The molecule has 1 heteroatoms. The van der Waals surface area contributed by atoms with Crippen molar-refractivity contribution in [2.24, 2.45) is 0 Å². The smallest absolute Gasteiger partial charge is 0.00418 e. The maximum absolute atomic E-state index is 3.55. The normalized spacial score (nSPS) is 12.8. The Morgan fingerprint density at radius 1 is 1.06 bits per heavy atom. The van der Waals surface area contributed by atoms with Gasteiger partial charge in [-0.2, -0.15) is 0 Å². The van der Waals surface area contributed by atoms with Gasteiger partial charge in [-0.15, -0.1) is 0 Å². The lowest BCUT2D eigenvalue weighted by molar-refractivity contribution is 0.514. The summed E-state index contributed by atoms with van der Waals surface area (Å²) < 4.78 is 0. The number of aryl methyl sites for hydroxylation is 1. The first-order valence-electron chi connectivity index (χ1n) is 7.01. The van der Waals surface area contributed by atoms with E-state index in [1.54, 1.807) is 0 Å². The van der Waals surface area contributed by atoms with E-state index >= 15 is 0 Å². The zero-order chi connectivity index (χ0) is 12.8. The van der Waals surface area contributed by atoms with Gasteiger partial charge in [-0.1, -0.05) is 49.4 Å². The number of benzene rings is 2. The molecule has 0 fully saturated rings. The van der Waals surface area contributed by atoms with Crippen LogP contribution in [0.25, 0.3) is 10.8 Å². The number of rotatable bonds is 6. The fourth-order valence-corrected chi connectivity index (χ4v) is 2.38. The average Bonchev–Trinajstić information content (AvgIpc) is 2.42. The first-order chi connectivity index (χ1) is 8.81. The van der Waals surface area contributed by atoms with E-state index in [9.17, 15) is 0 Å². The summed E-state index contributed by atoms with van der Waals surface area (Å²) in [7, 11) is 0. The molecular formula is C17H23N. The third-order valence-corrected chi connectivity index (χ3v) is 3.47. The molecule has 0 heterocycles. The van der Waals surface area contributed by atoms with Crippen LogP contribution >= 0.6 is 0 Å². The van der Waals surface area contributed by atoms with Gasteiger partial charge in [0, 0.05) is 6.04 Å². The van der Waals surface area contributed by atoms with Gasteiger partial charge >= 0.3 is 0 Å². The van der Waals surface area contributed by atoms with E-state index in [1.165, 1.54) is 29.2 Å². The summed E-state index contributed by atoms with van der Waals surface area (Å²) in [5.74, 6) is 0. The van der Waals surface area contributed by atoms with Crippen LogP contribution in [0.15, 0.2) is 42.5 Å². The lowest BCUT2D eigenvalue weighted by Gasteiger charge is -2.13. The second-order valence-corrected chi connectivity index (χ2v) is 5.03. The Bertz CT molecular complexity index is 484. The Labute approximate surface area is 110 Å². The molecule has 0 saturated heterocycles. The minimum atomic E-state index is 0.601. The number of fused-ring (bicyclic) bond motifs is 1. The van der Waals surface area contributed by atoms with Gasteiger partial charge in [-0.25, -0.2) is 0 Å². The molecule has 2 aromatic carbocycles. The van der Waals surface area contributed by atoms with Crippen molar-refractivity contribution in [3.63, 3.8) is 0 Å². The summed E-state index contributed by atoms with van der Waals surface area (Å²) in [6.45, 7) is 5.61. The standard InChI is InChI=1S/C17H23N/c1-3-13-18-14(2)11-12-16-9-6-8-15-7-4-5-10-17(15)16/h4-10,14,18H,3,11-13H2,1-2H3. The fraction of sp³-hybridized carbons (Fsp3) is 0.412. The molecule has 1 unspecified atom stereocenters. The SMILES string of the molecule is CCCNC(C)CCc1cccc2ccccc12. The third kappa shape index (κ3) is 3.33. The molecule has 0 aliphatic rings. The van der Waals surface area contributed by atoms with E-state index in [0.29, 0.717) is 6.04 Å². The van der Waals surface area contributed by atoms with Crippen LogP contribution in [0.5, 0.6) is 0 Å². The van der Waals surface area contributed by atoms with Crippen molar-refractivity contribution < 1.29 is 0 Å². The second kappa shape index (κ2) is 6.55. The van der Waals surface area contributed by atoms with Crippen molar-refractivity contribution in [1.82, 2.24) is 5.32 Å².